The third-order valence-electron chi connectivity index (χ3n) is 5.15. The number of carbonyl (C=O) groups excluding carboxylic acids is 2. The summed E-state index contributed by atoms with van der Waals surface area (Å²) in [6.07, 6.45) is 4.74. The minimum atomic E-state index is -0.191. The van der Waals surface area contributed by atoms with Gasteiger partial charge >= 0.3 is 0 Å². The summed E-state index contributed by atoms with van der Waals surface area (Å²) in [6.45, 7) is 3.08. The van der Waals surface area contributed by atoms with Gasteiger partial charge in [0.25, 0.3) is 11.8 Å². The molecule has 30 heavy (non-hydrogen) atoms. The van der Waals surface area contributed by atoms with Crippen LogP contribution in [0.4, 0.5) is 0 Å². The number of nitrogens with one attached hydrogen (secondary N) is 1. The predicted octanol–water partition coefficient (Wildman–Crippen LogP) is 4.17. The van der Waals surface area contributed by atoms with E-state index < -0.39 is 0 Å². The number of benzene rings is 1. The second-order valence-corrected chi connectivity index (χ2v) is 8.36. The highest BCUT2D eigenvalue weighted by Gasteiger charge is 2.26. The standard InChI is InChI=1S/C23H23N3O3S/c1-16-11-15-29-21(16)22(27)25-18-9-13-26(14-10-18)23(28)17-5-7-19(8-6-17)30-20-4-2-3-12-24-20/h2-8,11-12,15,18H,9-10,13-14H2,1H3,(H,25,27). The molecule has 0 spiro atoms. The lowest BCUT2D eigenvalue weighted by Gasteiger charge is -2.32. The number of piperidine rings is 1. The van der Waals surface area contributed by atoms with Crippen molar-refractivity contribution in [2.24, 2.45) is 0 Å². The summed E-state index contributed by atoms with van der Waals surface area (Å²) in [5.41, 5.74) is 1.50. The second kappa shape index (κ2) is 9.17. The Bertz CT molecular complexity index is 1010. The lowest BCUT2D eigenvalue weighted by molar-refractivity contribution is 0.0695. The van der Waals surface area contributed by atoms with Crippen LogP contribution in [0.3, 0.4) is 0 Å². The van der Waals surface area contributed by atoms with E-state index in [4.69, 9.17) is 4.42 Å². The summed E-state index contributed by atoms with van der Waals surface area (Å²) < 4.78 is 5.25. The van der Waals surface area contributed by atoms with Gasteiger partial charge in [-0.2, -0.15) is 0 Å². The Kier molecular flexibility index (Phi) is 6.18. The number of pyridine rings is 1. The van der Waals surface area contributed by atoms with E-state index in [2.05, 4.69) is 10.3 Å². The van der Waals surface area contributed by atoms with Gasteiger partial charge in [-0.15, -0.1) is 0 Å². The topological polar surface area (TPSA) is 75.4 Å². The number of rotatable bonds is 5. The van der Waals surface area contributed by atoms with Gasteiger partial charge in [0.1, 0.15) is 5.03 Å². The molecule has 1 aliphatic heterocycles. The lowest BCUT2D eigenvalue weighted by Crippen LogP contribution is -2.46. The Hall–Kier alpha value is -3.06. The lowest BCUT2D eigenvalue weighted by atomic mass is 10.0. The third kappa shape index (κ3) is 4.74. The quantitative estimate of drug-likeness (QED) is 0.669. The van der Waals surface area contributed by atoms with Crippen LogP contribution < -0.4 is 5.32 Å². The van der Waals surface area contributed by atoms with Crippen LogP contribution in [0.2, 0.25) is 0 Å². The largest absolute Gasteiger partial charge is 0.459 e. The molecule has 2 aromatic heterocycles. The number of furan rings is 1. The molecule has 1 fully saturated rings. The Balaban J connectivity index is 1.30. The maximum Gasteiger partial charge on any atom is 0.287 e. The molecule has 0 bridgehead atoms. The van der Waals surface area contributed by atoms with Gasteiger partial charge in [-0.25, -0.2) is 4.98 Å². The Morgan fingerprint density at radius 1 is 1.10 bits per heavy atom. The monoisotopic (exact) mass is 421 g/mol. The van der Waals surface area contributed by atoms with Gasteiger partial charge in [0.2, 0.25) is 0 Å². The van der Waals surface area contributed by atoms with E-state index in [1.165, 1.54) is 6.26 Å². The number of hydrogen-bond donors (Lipinski definition) is 1. The smallest absolute Gasteiger partial charge is 0.287 e. The third-order valence-corrected chi connectivity index (χ3v) is 6.11. The maximum atomic E-state index is 12.8. The minimum absolute atomic E-state index is 0.0241. The van der Waals surface area contributed by atoms with Gasteiger partial charge in [-0.1, -0.05) is 17.8 Å². The fourth-order valence-corrected chi connectivity index (χ4v) is 4.23. The zero-order valence-corrected chi connectivity index (χ0v) is 17.5. The van der Waals surface area contributed by atoms with Crippen molar-refractivity contribution >= 4 is 23.6 Å². The van der Waals surface area contributed by atoms with Crippen LogP contribution in [-0.4, -0.2) is 40.8 Å². The zero-order chi connectivity index (χ0) is 20.9. The molecule has 6 nitrogen and oxygen atoms in total. The van der Waals surface area contributed by atoms with Crippen molar-refractivity contribution in [3.63, 3.8) is 0 Å². The molecule has 154 valence electrons. The number of likely N-dealkylation sites (tertiary alicyclic amines) is 1. The zero-order valence-electron chi connectivity index (χ0n) is 16.7. The first-order valence-corrected chi connectivity index (χ1v) is 10.7. The fraction of sp³-hybridized carbons (Fsp3) is 0.261. The predicted molar refractivity (Wildman–Crippen MR) is 115 cm³/mol. The average molecular weight is 422 g/mol. The van der Waals surface area contributed by atoms with E-state index in [0.717, 1.165) is 28.3 Å². The van der Waals surface area contributed by atoms with Crippen molar-refractivity contribution in [2.45, 2.75) is 35.7 Å². The summed E-state index contributed by atoms with van der Waals surface area (Å²) >= 11 is 1.57. The second-order valence-electron chi connectivity index (χ2n) is 7.27. The normalized spacial score (nSPS) is 14.5. The van der Waals surface area contributed by atoms with Gasteiger partial charge in [0.15, 0.2) is 5.76 Å². The highest BCUT2D eigenvalue weighted by molar-refractivity contribution is 7.99. The number of aryl methyl sites for hydroxylation is 1. The minimum Gasteiger partial charge on any atom is -0.459 e. The molecule has 0 atom stereocenters. The van der Waals surface area contributed by atoms with Crippen LogP contribution in [0.25, 0.3) is 0 Å². The van der Waals surface area contributed by atoms with Crippen molar-refractivity contribution in [3.8, 4) is 0 Å². The molecule has 4 rings (SSSR count). The van der Waals surface area contributed by atoms with E-state index >= 15 is 0 Å². The average Bonchev–Trinajstić information content (AvgIpc) is 3.21. The van der Waals surface area contributed by atoms with Gasteiger partial charge in [-0.05, 0) is 62.2 Å². The van der Waals surface area contributed by atoms with Gasteiger partial charge < -0.3 is 14.6 Å². The van der Waals surface area contributed by atoms with E-state index in [1.54, 1.807) is 24.0 Å². The van der Waals surface area contributed by atoms with Crippen molar-refractivity contribution in [1.29, 1.82) is 0 Å². The first kappa shape index (κ1) is 20.2. The number of amides is 2. The molecular formula is C23H23N3O3S. The van der Waals surface area contributed by atoms with Crippen LogP contribution in [0.1, 0.15) is 39.3 Å². The van der Waals surface area contributed by atoms with Crippen molar-refractivity contribution < 1.29 is 14.0 Å². The Morgan fingerprint density at radius 2 is 1.87 bits per heavy atom. The number of carbonyl (C=O) groups is 2. The number of nitrogens with zero attached hydrogens (tertiary/aromatic N) is 2. The van der Waals surface area contributed by atoms with Crippen molar-refractivity contribution in [2.75, 3.05) is 13.1 Å². The molecule has 1 N–H and O–H groups in total. The Labute approximate surface area is 179 Å². The summed E-state index contributed by atoms with van der Waals surface area (Å²) in [4.78, 5) is 32.3. The van der Waals surface area contributed by atoms with Gasteiger partial charge in [-0.3, -0.25) is 9.59 Å². The molecule has 7 heteroatoms. The number of hydrogen-bond acceptors (Lipinski definition) is 5. The summed E-state index contributed by atoms with van der Waals surface area (Å²) in [6, 6.07) is 15.2. The van der Waals surface area contributed by atoms with Gasteiger partial charge in [0, 0.05) is 41.4 Å². The van der Waals surface area contributed by atoms with Gasteiger partial charge in [0.05, 0.1) is 6.26 Å². The maximum absolute atomic E-state index is 12.8. The fourth-order valence-electron chi connectivity index (χ4n) is 3.46. The summed E-state index contributed by atoms with van der Waals surface area (Å²) in [7, 11) is 0. The summed E-state index contributed by atoms with van der Waals surface area (Å²) in [5.74, 6) is 0.191. The molecule has 0 unspecified atom stereocenters. The van der Waals surface area contributed by atoms with Crippen molar-refractivity contribution in [3.05, 3.63) is 77.9 Å². The molecule has 1 aliphatic rings. The molecule has 0 aliphatic carbocycles. The van der Waals surface area contributed by atoms with Crippen molar-refractivity contribution in [1.82, 2.24) is 15.2 Å². The van der Waals surface area contributed by atoms with Crippen LogP contribution >= 0.6 is 11.8 Å². The van der Waals surface area contributed by atoms with E-state index in [0.29, 0.717) is 24.4 Å². The molecule has 1 saturated heterocycles. The number of aromatic nitrogens is 1. The van der Waals surface area contributed by atoms with Crippen LogP contribution in [0.15, 0.2) is 75.3 Å². The Morgan fingerprint density at radius 3 is 2.50 bits per heavy atom. The molecule has 3 aromatic rings. The highest BCUT2D eigenvalue weighted by Crippen LogP contribution is 2.26. The molecular weight excluding hydrogens is 398 g/mol. The first-order chi connectivity index (χ1) is 14.6. The molecule has 0 saturated carbocycles. The molecule has 3 heterocycles. The van der Waals surface area contributed by atoms with Crippen LogP contribution in [-0.2, 0) is 0 Å². The van der Waals surface area contributed by atoms with E-state index in [-0.39, 0.29) is 17.9 Å². The molecule has 1 aromatic carbocycles. The van der Waals surface area contributed by atoms with E-state index in [1.807, 2.05) is 54.3 Å². The van der Waals surface area contributed by atoms with Crippen LogP contribution in [0, 0.1) is 6.92 Å². The summed E-state index contributed by atoms with van der Waals surface area (Å²) in [5, 5.41) is 3.93. The van der Waals surface area contributed by atoms with E-state index in [9.17, 15) is 9.59 Å². The molecule has 0 radical (unpaired) electrons. The molecule has 2 amide bonds. The first-order valence-electron chi connectivity index (χ1n) is 9.93. The van der Waals surface area contributed by atoms with Crippen LogP contribution in [0.5, 0.6) is 0 Å². The SMILES string of the molecule is Cc1ccoc1C(=O)NC1CCN(C(=O)c2ccc(Sc3ccccn3)cc2)CC1. The highest BCUT2D eigenvalue weighted by atomic mass is 32.2.